The van der Waals surface area contributed by atoms with E-state index in [-0.39, 0.29) is 5.91 Å². The maximum Gasteiger partial charge on any atom is 0.251 e. The van der Waals surface area contributed by atoms with Gasteiger partial charge in [0, 0.05) is 27.3 Å². The number of pyridine rings is 1. The van der Waals surface area contributed by atoms with Crippen LogP contribution in [-0.2, 0) is 6.54 Å². The zero-order valence-corrected chi connectivity index (χ0v) is 13.4. The predicted octanol–water partition coefficient (Wildman–Crippen LogP) is 3.77. The molecule has 0 atom stereocenters. The predicted molar refractivity (Wildman–Crippen MR) is 92.1 cm³/mol. The summed E-state index contributed by atoms with van der Waals surface area (Å²) < 4.78 is 1.16. The van der Waals surface area contributed by atoms with Gasteiger partial charge in [-0.15, -0.1) is 0 Å². The molecular weight excluding hydrogens is 375 g/mol. The minimum atomic E-state index is -0.0698. The summed E-state index contributed by atoms with van der Waals surface area (Å²) in [6.45, 7) is 0.529. The molecule has 1 aromatic heterocycles. The lowest BCUT2D eigenvalue weighted by atomic mass is 10.1. The van der Waals surface area contributed by atoms with Gasteiger partial charge >= 0.3 is 0 Å². The average Bonchev–Trinajstić information content (AvgIpc) is 2.52. The molecular formula is C17H13IN2O. The number of hydrogen-bond acceptors (Lipinski definition) is 2. The van der Waals surface area contributed by atoms with Crippen molar-refractivity contribution in [2.24, 2.45) is 0 Å². The van der Waals surface area contributed by atoms with E-state index in [0.717, 1.165) is 20.0 Å². The first-order valence-electron chi connectivity index (χ1n) is 6.60. The summed E-state index contributed by atoms with van der Waals surface area (Å²) in [6, 6.07) is 17.5. The monoisotopic (exact) mass is 388 g/mol. The van der Waals surface area contributed by atoms with Gasteiger partial charge in [0.15, 0.2) is 0 Å². The van der Waals surface area contributed by atoms with Crippen molar-refractivity contribution in [3.63, 3.8) is 0 Å². The molecule has 0 radical (unpaired) electrons. The highest BCUT2D eigenvalue weighted by Gasteiger charge is 2.06. The summed E-state index contributed by atoms with van der Waals surface area (Å²) in [4.78, 5) is 16.5. The Labute approximate surface area is 136 Å². The normalized spacial score (nSPS) is 10.5. The Hall–Kier alpha value is -1.95. The molecule has 0 saturated heterocycles. The quantitative estimate of drug-likeness (QED) is 0.695. The molecule has 0 spiro atoms. The van der Waals surface area contributed by atoms with Crippen molar-refractivity contribution in [2.75, 3.05) is 0 Å². The van der Waals surface area contributed by atoms with Crippen LogP contribution in [0.4, 0.5) is 0 Å². The van der Waals surface area contributed by atoms with Crippen molar-refractivity contribution in [1.82, 2.24) is 10.3 Å². The van der Waals surface area contributed by atoms with Gasteiger partial charge in [-0.1, -0.05) is 18.2 Å². The van der Waals surface area contributed by atoms with Crippen LogP contribution in [0.25, 0.3) is 10.9 Å². The van der Waals surface area contributed by atoms with Crippen molar-refractivity contribution in [1.29, 1.82) is 0 Å². The molecule has 0 aliphatic rings. The van der Waals surface area contributed by atoms with Gasteiger partial charge < -0.3 is 5.32 Å². The van der Waals surface area contributed by atoms with E-state index in [4.69, 9.17) is 0 Å². The molecule has 104 valence electrons. The van der Waals surface area contributed by atoms with Crippen LogP contribution in [-0.4, -0.2) is 10.9 Å². The Morgan fingerprint density at radius 1 is 1.10 bits per heavy atom. The smallest absolute Gasteiger partial charge is 0.251 e. The lowest BCUT2D eigenvalue weighted by molar-refractivity contribution is 0.0951. The Morgan fingerprint density at radius 3 is 2.86 bits per heavy atom. The van der Waals surface area contributed by atoms with Gasteiger partial charge in [0.05, 0.1) is 5.52 Å². The van der Waals surface area contributed by atoms with Crippen LogP contribution in [0.5, 0.6) is 0 Å². The second-order valence-corrected chi connectivity index (χ2v) is 5.97. The van der Waals surface area contributed by atoms with Crippen LogP contribution in [0.15, 0.2) is 60.8 Å². The van der Waals surface area contributed by atoms with E-state index in [0.29, 0.717) is 12.1 Å². The lowest BCUT2D eigenvalue weighted by Gasteiger charge is -2.06. The Bertz CT molecular complexity index is 801. The highest BCUT2D eigenvalue weighted by molar-refractivity contribution is 14.1. The standard InChI is InChI=1S/C17H13IN2O/c18-15-5-1-3-12(9-15)11-20-17(21)14-6-7-16-13(10-14)4-2-8-19-16/h1-10H,11H2,(H,20,21). The fourth-order valence-corrected chi connectivity index (χ4v) is 2.76. The highest BCUT2D eigenvalue weighted by atomic mass is 127. The molecule has 4 heteroatoms. The molecule has 0 fully saturated rings. The van der Waals surface area contributed by atoms with Crippen LogP contribution in [0.3, 0.4) is 0 Å². The van der Waals surface area contributed by atoms with E-state index in [1.807, 2.05) is 42.5 Å². The Kier molecular flexibility index (Phi) is 4.15. The maximum atomic E-state index is 12.2. The molecule has 2 aromatic carbocycles. The van der Waals surface area contributed by atoms with Crippen LogP contribution in [0, 0.1) is 3.57 Å². The molecule has 3 rings (SSSR count). The SMILES string of the molecule is O=C(NCc1cccc(I)c1)c1ccc2ncccc2c1. The third kappa shape index (κ3) is 3.39. The summed E-state index contributed by atoms with van der Waals surface area (Å²) in [5.74, 6) is -0.0698. The fourth-order valence-electron chi connectivity index (χ4n) is 2.15. The zero-order valence-electron chi connectivity index (χ0n) is 11.2. The molecule has 0 bridgehead atoms. The van der Waals surface area contributed by atoms with E-state index in [9.17, 15) is 4.79 Å². The minimum absolute atomic E-state index is 0.0698. The second kappa shape index (κ2) is 6.22. The Morgan fingerprint density at radius 2 is 2.00 bits per heavy atom. The second-order valence-electron chi connectivity index (χ2n) is 4.72. The van der Waals surface area contributed by atoms with Gasteiger partial charge in [-0.05, 0) is 64.6 Å². The van der Waals surface area contributed by atoms with Gasteiger partial charge in [0.1, 0.15) is 0 Å². The van der Waals surface area contributed by atoms with E-state index >= 15 is 0 Å². The summed E-state index contributed by atoms with van der Waals surface area (Å²) in [7, 11) is 0. The van der Waals surface area contributed by atoms with Gasteiger partial charge in [-0.3, -0.25) is 9.78 Å². The van der Waals surface area contributed by atoms with Crippen LogP contribution in [0.2, 0.25) is 0 Å². The summed E-state index contributed by atoms with van der Waals surface area (Å²) >= 11 is 2.26. The zero-order chi connectivity index (χ0) is 14.7. The molecule has 1 heterocycles. The summed E-state index contributed by atoms with van der Waals surface area (Å²) in [6.07, 6.45) is 1.75. The van der Waals surface area contributed by atoms with Gasteiger partial charge in [0.2, 0.25) is 0 Å². The van der Waals surface area contributed by atoms with Gasteiger partial charge in [0.25, 0.3) is 5.91 Å². The van der Waals surface area contributed by atoms with Crippen LogP contribution >= 0.6 is 22.6 Å². The van der Waals surface area contributed by atoms with Crippen molar-refractivity contribution in [3.05, 3.63) is 75.5 Å². The van der Waals surface area contributed by atoms with Gasteiger partial charge in [-0.2, -0.15) is 0 Å². The maximum absolute atomic E-state index is 12.2. The molecule has 21 heavy (non-hydrogen) atoms. The number of halogens is 1. The average molecular weight is 388 g/mol. The first-order valence-corrected chi connectivity index (χ1v) is 7.68. The molecule has 1 N–H and O–H groups in total. The topological polar surface area (TPSA) is 42.0 Å². The number of carbonyl (C=O) groups is 1. The highest BCUT2D eigenvalue weighted by Crippen LogP contribution is 2.13. The van der Waals surface area contributed by atoms with E-state index in [1.165, 1.54) is 0 Å². The van der Waals surface area contributed by atoms with Crippen LogP contribution < -0.4 is 5.32 Å². The molecule has 0 saturated carbocycles. The first-order chi connectivity index (χ1) is 10.2. The fraction of sp³-hybridized carbons (Fsp3) is 0.0588. The summed E-state index contributed by atoms with van der Waals surface area (Å²) in [5, 5.41) is 3.92. The van der Waals surface area contributed by atoms with Crippen molar-refractivity contribution in [2.45, 2.75) is 6.54 Å². The number of fused-ring (bicyclic) bond motifs is 1. The molecule has 0 unspecified atom stereocenters. The Balaban J connectivity index is 1.74. The first kappa shape index (κ1) is 14.0. The van der Waals surface area contributed by atoms with E-state index in [1.54, 1.807) is 12.3 Å². The number of carbonyl (C=O) groups excluding carboxylic acids is 1. The lowest BCUT2D eigenvalue weighted by Crippen LogP contribution is -2.22. The third-order valence-electron chi connectivity index (χ3n) is 3.21. The molecule has 1 amide bonds. The molecule has 3 nitrogen and oxygen atoms in total. The summed E-state index contributed by atoms with van der Waals surface area (Å²) in [5.41, 5.74) is 2.64. The van der Waals surface area contributed by atoms with Crippen molar-refractivity contribution in [3.8, 4) is 0 Å². The minimum Gasteiger partial charge on any atom is -0.348 e. The van der Waals surface area contributed by atoms with E-state index in [2.05, 4.69) is 39.0 Å². The van der Waals surface area contributed by atoms with Gasteiger partial charge in [-0.25, -0.2) is 0 Å². The number of nitrogens with one attached hydrogen (secondary N) is 1. The van der Waals surface area contributed by atoms with Crippen LogP contribution in [0.1, 0.15) is 15.9 Å². The number of benzene rings is 2. The largest absolute Gasteiger partial charge is 0.348 e. The number of rotatable bonds is 3. The molecule has 0 aliphatic carbocycles. The third-order valence-corrected chi connectivity index (χ3v) is 3.88. The number of amides is 1. The van der Waals surface area contributed by atoms with Crippen molar-refractivity contribution < 1.29 is 4.79 Å². The molecule has 3 aromatic rings. The van der Waals surface area contributed by atoms with E-state index < -0.39 is 0 Å². The number of aromatic nitrogens is 1. The van der Waals surface area contributed by atoms with Crippen molar-refractivity contribution >= 4 is 39.4 Å². The molecule has 0 aliphatic heterocycles. The number of nitrogens with zero attached hydrogens (tertiary/aromatic N) is 1. The number of hydrogen-bond donors (Lipinski definition) is 1.